The smallest absolute Gasteiger partial charge is 0.660 e. The molecule has 0 radical (unpaired) electrons. The molecule has 10 heavy (non-hydrogen) atoms. The van der Waals surface area contributed by atoms with Gasteiger partial charge in [0.05, 0.1) is 0 Å². The first kappa shape index (κ1) is 10.7. The molecule has 0 saturated heterocycles. The van der Waals surface area contributed by atoms with Crippen molar-refractivity contribution in [2.75, 3.05) is 7.05 Å². The number of nitrogens with zero attached hydrogens (tertiary/aromatic N) is 2. The molecule has 1 aromatic rings. The molecule has 0 N–H and O–H groups in total. The molecule has 0 atom stereocenters. The van der Waals surface area contributed by atoms with E-state index < -0.39 is 0 Å². The first-order valence-electron chi connectivity index (χ1n) is 2.89. The summed E-state index contributed by atoms with van der Waals surface area (Å²) in [4.78, 5) is 4.07. The molecule has 0 aliphatic heterocycles. The number of aromatic nitrogens is 1. The summed E-state index contributed by atoms with van der Waals surface area (Å²) in [6, 6.07) is 5.83. The topological polar surface area (TPSA) is 27.0 Å². The fourth-order valence-electron chi connectivity index (χ4n) is 0.654. The van der Waals surface area contributed by atoms with Gasteiger partial charge in [0.1, 0.15) is 0 Å². The molecule has 0 spiro atoms. The summed E-state index contributed by atoms with van der Waals surface area (Å²) < 4.78 is 0. The van der Waals surface area contributed by atoms with Crippen LogP contribution in [0.3, 0.4) is 0 Å². The van der Waals surface area contributed by atoms with Gasteiger partial charge in [-0.05, 0) is 12.1 Å². The van der Waals surface area contributed by atoms with Crippen LogP contribution < -0.4 is 51.4 Å². The normalized spacial score (nSPS) is 8.50. The third-order valence-corrected chi connectivity index (χ3v) is 1.05. The van der Waals surface area contributed by atoms with Gasteiger partial charge in [0, 0.05) is 11.9 Å². The zero-order valence-corrected chi connectivity index (χ0v) is 9.53. The summed E-state index contributed by atoms with van der Waals surface area (Å²) in [5, 5.41) is 3.94. The van der Waals surface area contributed by atoms with Gasteiger partial charge in [0.25, 0.3) is 0 Å². The SMILES string of the molecule is C[N-]Cc1ccccn1.[K+]. The van der Waals surface area contributed by atoms with Crippen LogP contribution in [0, 0.1) is 0 Å². The van der Waals surface area contributed by atoms with Crippen LogP contribution >= 0.6 is 0 Å². The zero-order valence-electron chi connectivity index (χ0n) is 6.41. The third kappa shape index (κ3) is 3.80. The van der Waals surface area contributed by atoms with Gasteiger partial charge in [-0.2, -0.15) is 7.05 Å². The molecule has 0 aliphatic rings. The molecule has 1 heterocycles. The standard InChI is InChI=1S/C7H9N2.K/c1-8-6-7-4-2-3-5-9-7;/h2-5H,6H2,1H3;/q-1;+1. The molecule has 0 amide bonds. The van der Waals surface area contributed by atoms with Crippen LogP contribution in [-0.4, -0.2) is 12.0 Å². The van der Waals surface area contributed by atoms with Crippen molar-refractivity contribution in [2.45, 2.75) is 6.54 Å². The van der Waals surface area contributed by atoms with Gasteiger partial charge >= 0.3 is 51.4 Å². The molecule has 1 rings (SSSR count). The molecule has 0 saturated carbocycles. The van der Waals surface area contributed by atoms with Crippen molar-refractivity contribution in [3.05, 3.63) is 35.4 Å². The molecule has 0 bridgehead atoms. The summed E-state index contributed by atoms with van der Waals surface area (Å²) in [5.41, 5.74) is 1.03. The minimum atomic E-state index is 0. The summed E-state index contributed by atoms with van der Waals surface area (Å²) >= 11 is 0. The maximum atomic E-state index is 4.07. The van der Waals surface area contributed by atoms with Crippen molar-refractivity contribution in [3.8, 4) is 0 Å². The third-order valence-electron chi connectivity index (χ3n) is 1.05. The van der Waals surface area contributed by atoms with E-state index in [9.17, 15) is 0 Å². The molecule has 48 valence electrons. The van der Waals surface area contributed by atoms with Crippen LogP contribution in [0.1, 0.15) is 5.69 Å². The molecule has 0 aromatic carbocycles. The second kappa shape index (κ2) is 6.46. The largest absolute Gasteiger partial charge is 1.00 e. The molecule has 3 heteroatoms. The van der Waals surface area contributed by atoms with E-state index in [0.717, 1.165) is 12.2 Å². The van der Waals surface area contributed by atoms with Crippen LogP contribution in [-0.2, 0) is 6.54 Å². The number of pyridine rings is 1. The van der Waals surface area contributed by atoms with Gasteiger partial charge < -0.3 is 5.32 Å². The van der Waals surface area contributed by atoms with Gasteiger partial charge in [-0.15, -0.1) is 6.54 Å². The van der Waals surface area contributed by atoms with Crippen molar-refractivity contribution in [2.24, 2.45) is 0 Å². The number of hydrogen-bond acceptors (Lipinski definition) is 1. The maximum absolute atomic E-state index is 4.07. The van der Waals surface area contributed by atoms with Gasteiger partial charge in [-0.1, -0.05) is 6.07 Å². The summed E-state index contributed by atoms with van der Waals surface area (Å²) in [7, 11) is 1.79. The van der Waals surface area contributed by atoms with E-state index in [1.807, 2.05) is 18.2 Å². The average molecular weight is 160 g/mol. The van der Waals surface area contributed by atoms with Crippen LogP contribution in [0.15, 0.2) is 24.4 Å². The van der Waals surface area contributed by atoms with Gasteiger partial charge in [0.15, 0.2) is 0 Å². The average Bonchev–Trinajstić information content (AvgIpc) is 1.91. The van der Waals surface area contributed by atoms with Crippen molar-refractivity contribution < 1.29 is 51.4 Å². The Morgan fingerprint density at radius 1 is 1.50 bits per heavy atom. The zero-order chi connectivity index (χ0) is 6.53. The summed E-state index contributed by atoms with van der Waals surface area (Å²) in [6.07, 6.45) is 1.78. The Balaban J connectivity index is 0.000000810. The quantitative estimate of drug-likeness (QED) is 0.488. The second-order valence-corrected chi connectivity index (χ2v) is 1.80. The van der Waals surface area contributed by atoms with Crippen LogP contribution in [0.4, 0.5) is 0 Å². The molecular formula is C7H9KN2. The fraction of sp³-hybridized carbons (Fsp3) is 0.286. The van der Waals surface area contributed by atoms with Gasteiger partial charge in [-0.3, -0.25) is 4.98 Å². The Kier molecular flexibility index (Phi) is 6.94. The predicted molar refractivity (Wildman–Crippen MR) is 37.2 cm³/mol. The van der Waals surface area contributed by atoms with Gasteiger partial charge in [0.2, 0.25) is 0 Å². The Morgan fingerprint density at radius 3 is 2.80 bits per heavy atom. The van der Waals surface area contributed by atoms with Crippen LogP contribution in [0.5, 0.6) is 0 Å². The van der Waals surface area contributed by atoms with E-state index >= 15 is 0 Å². The van der Waals surface area contributed by atoms with Crippen molar-refractivity contribution in [1.82, 2.24) is 4.98 Å². The first-order chi connectivity index (χ1) is 4.43. The van der Waals surface area contributed by atoms with Gasteiger partial charge in [-0.25, -0.2) is 0 Å². The molecule has 1 aromatic heterocycles. The fourth-order valence-corrected chi connectivity index (χ4v) is 0.654. The van der Waals surface area contributed by atoms with Crippen molar-refractivity contribution in [3.63, 3.8) is 0 Å². The van der Waals surface area contributed by atoms with Crippen LogP contribution in [0.2, 0.25) is 0 Å². The molecule has 0 fully saturated rings. The Labute approximate surface area is 104 Å². The van der Waals surface area contributed by atoms with E-state index in [4.69, 9.17) is 0 Å². The Hall–Kier alpha value is 0.746. The summed E-state index contributed by atoms with van der Waals surface area (Å²) in [5.74, 6) is 0. The van der Waals surface area contributed by atoms with E-state index in [-0.39, 0.29) is 51.4 Å². The van der Waals surface area contributed by atoms with Crippen molar-refractivity contribution in [1.29, 1.82) is 0 Å². The van der Waals surface area contributed by atoms with Crippen LogP contribution in [0.25, 0.3) is 5.32 Å². The molecular weight excluding hydrogens is 151 g/mol. The Morgan fingerprint density at radius 2 is 2.30 bits per heavy atom. The van der Waals surface area contributed by atoms with E-state index in [0.29, 0.717) is 0 Å². The van der Waals surface area contributed by atoms with E-state index in [1.54, 1.807) is 13.2 Å². The Bertz CT molecular complexity index is 165. The predicted octanol–water partition coefficient (Wildman–Crippen LogP) is -1.41. The van der Waals surface area contributed by atoms with Crippen molar-refractivity contribution >= 4 is 0 Å². The molecule has 0 unspecified atom stereocenters. The molecule has 0 aliphatic carbocycles. The molecule has 2 nitrogen and oxygen atoms in total. The van der Waals surface area contributed by atoms with E-state index in [1.165, 1.54) is 0 Å². The maximum Gasteiger partial charge on any atom is 1.00 e. The monoisotopic (exact) mass is 160 g/mol. The summed E-state index contributed by atoms with van der Waals surface area (Å²) in [6.45, 7) is 0.723. The second-order valence-electron chi connectivity index (χ2n) is 1.80. The number of hydrogen-bond donors (Lipinski definition) is 0. The van der Waals surface area contributed by atoms with E-state index in [2.05, 4.69) is 10.3 Å². The minimum Gasteiger partial charge on any atom is -0.660 e. The first-order valence-corrected chi connectivity index (χ1v) is 2.89. The minimum absolute atomic E-state index is 0. The number of rotatable bonds is 2.